The lowest BCUT2D eigenvalue weighted by atomic mass is 9.75. The van der Waals surface area contributed by atoms with E-state index in [0.29, 0.717) is 37.1 Å². The highest BCUT2D eigenvalue weighted by Gasteiger charge is 2.49. The summed E-state index contributed by atoms with van der Waals surface area (Å²) in [5.74, 6) is -0.666. The lowest BCUT2D eigenvalue weighted by Crippen LogP contribution is -2.53. The molecular formula is C39H47F2N5O6. The van der Waals surface area contributed by atoms with Crippen molar-refractivity contribution >= 4 is 27.5 Å². The average Bonchev–Trinajstić information content (AvgIpc) is 3.49. The Morgan fingerprint density at radius 1 is 0.981 bits per heavy atom. The summed E-state index contributed by atoms with van der Waals surface area (Å²) in [6.07, 6.45) is 7.53. The molecule has 0 radical (unpaired) electrons. The topological polar surface area (TPSA) is 123 Å². The zero-order valence-electron chi connectivity index (χ0n) is 29.9. The van der Waals surface area contributed by atoms with E-state index >= 15 is 8.78 Å². The Morgan fingerprint density at radius 2 is 1.81 bits per heavy atom. The number of benzene rings is 2. The van der Waals surface area contributed by atoms with Gasteiger partial charge in [-0.1, -0.05) is 18.6 Å². The Morgan fingerprint density at radius 3 is 2.63 bits per heavy atom. The fourth-order valence-corrected chi connectivity index (χ4v) is 9.16. The molecule has 3 saturated heterocycles. The van der Waals surface area contributed by atoms with E-state index in [4.69, 9.17) is 23.9 Å². The van der Waals surface area contributed by atoms with Crippen LogP contribution in [-0.4, -0.2) is 108 Å². The summed E-state index contributed by atoms with van der Waals surface area (Å²) >= 11 is 0. The zero-order valence-corrected chi connectivity index (χ0v) is 29.9. The lowest BCUT2D eigenvalue weighted by molar-refractivity contribution is -0.0203. The van der Waals surface area contributed by atoms with Gasteiger partial charge in [0.2, 0.25) is 5.88 Å². The number of ether oxygens (including phenoxy) is 4. The number of aliphatic hydroxyl groups is 1. The molecule has 13 heteroatoms. The molecule has 1 saturated carbocycles. The van der Waals surface area contributed by atoms with E-state index in [1.807, 2.05) is 4.90 Å². The van der Waals surface area contributed by atoms with Crippen LogP contribution >= 0.6 is 0 Å². The molecule has 2 N–H and O–H groups in total. The molecule has 2 aromatic carbocycles. The van der Waals surface area contributed by atoms with Gasteiger partial charge in [0.05, 0.1) is 33.5 Å². The summed E-state index contributed by atoms with van der Waals surface area (Å²) in [5, 5.41) is 22.4. The normalized spacial score (nSPS) is 26.1. The number of β-amino-alcohol motifs (C(OH)–C–C–N with tert-alkyl or cyclic N) is 1. The van der Waals surface area contributed by atoms with E-state index in [2.05, 4.69) is 14.9 Å². The van der Waals surface area contributed by atoms with Gasteiger partial charge in [0.25, 0.3) is 0 Å². The Hall–Kier alpha value is -3.91. The minimum Gasteiger partial charge on any atom is -0.508 e. The number of piperidine rings is 1. The number of phenolic OH excluding ortho intramolecular Hbond substituents is 1. The molecule has 52 heavy (non-hydrogen) atoms. The third-order valence-electron chi connectivity index (χ3n) is 11.6. The molecule has 4 fully saturated rings. The molecule has 8 rings (SSSR count). The molecule has 3 aliphatic heterocycles. The Labute approximate surface area is 301 Å². The first-order valence-corrected chi connectivity index (χ1v) is 18.5. The number of hydrogen-bond acceptors (Lipinski definition) is 11. The number of aromatic hydroxyl groups is 1. The van der Waals surface area contributed by atoms with Gasteiger partial charge in [-0.2, -0.15) is 9.97 Å². The summed E-state index contributed by atoms with van der Waals surface area (Å²) in [4.78, 5) is 18.6. The van der Waals surface area contributed by atoms with Crippen LogP contribution in [0, 0.1) is 23.0 Å². The van der Waals surface area contributed by atoms with Crippen molar-refractivity contribution in [3.63, 3.8) is 0 Å². The van der Waals surface area contributed by atoms with Crippen LogP contribution in [0.5, 0.6) is 17.6 Å². The maximum Gasteiger partial charge on any atom is 0.319 e. The van der Waals surface area contributed by atoms with Gasteiger partial charge in [-0.25, -0.2) is 13.8 Å². The summed E-state index contributed by atoms with van der Waals surface area (Å²) in [7, 11) is 1.41. The SMILES string of the molecule is COc1nc(-c2cc(O)cc3cccc(F)c23)c(F)c2nc(OC[C@]34CCC[C@H]3N(CC3CCOCC3)CCC4)nc(N3CCOC[C@@](C)(O)C3)c12. The quantitative estimate of drug-likeness (QED) is 0.228. The molecule has 11 nitrogen and oxygen atoms in total. The average molecular weight is 720 g/mol. The van der Waals surface area contributed by atoms with E-state index in [-0.39, 0.29) is 69.6 Å². The number of anilines is 1. The molecule has 0 unspecified atom stereocenters. The Kier molecular flexibility index (Phi) is 9.56. The predicted octanol–water partition coefficient (Wildman–Crippen LogP) is 5.87. The number of fused-ring (bicyclic) bond motifs is 3. The van der Waals surface area contributed by atoms with E-state index in [1.54, 1.807) is 13.0 Å². The van der Waals surface area contributed by atoms with Crippen molar-refractivity contribution in [1.29, 1.82) is 0 Å². The van der Waals surface area contributed by atoms with Crippen molar-refractivity contribution < 1.29 is 37.9 Å². The van der Waals surface area contributed by atoms with Crippen molar-refractivity contribution in [1.82, 2.24) is 19.9 Å². The van der Waals surface area contributed by atoms with Gasteiger partial charge in [-0.05, 0) is 81.5 Å². The molecule has 0 spiro atoms. The summed E-state index contributed by atoms with van der Waals surface area (Å²) in [6, 6.07) is 7.54. The predicted molar refractivity (Wildman–Crippen MR) is 192 cm³/mol. The second-order valence-corrected chi connectivity index (χ2v) is 15.4. The third kappa shape index (κ3) is 6.61. The van der Waals surface area contributed by atoms with Crippen LogP contribution < -0.4 is 14.4 Å². The van der Waals surface area contributed by atoms with E-state index in [0.717, 1.165) is 71.2 Å². The van der Waals surface area contributed by atoms with E-state index in [9.17, 15) is 10.2 Å². The standard InChI is InChI=1S/C39H47F2N5O6/c1-38(48)21-46(14-17-51-22-38)35-31-34(32(41)33(42-36(31)49-2)27-19-26(47)18-25-6-3-7-28(40)30(25)27)43-37(44-35)52-23-39-11-4-8-29(39)45(13-5-12-39)20-24-9-15-50-16-10-24/h3,6-7,18-19,24,29,47-48H,4-5,8-17,20-23H2,1-2H3/t29-,38+,39-/m1/s1. The van der Waals surface area contributed by atoms with Crippen molar-refractivity contribution in [3.8, 4) is 28.9 Å². The molecule has 2 aromatic heterocycles. The van der Waals surface area contributed by atoms with Crippen LogP contribution in [-0.2, 0) is 9.47 Å². The highest BCUT2D eigenvalue weighted by atomic mass is 19.1. The molecule has 0 bridgehead atoms. The van der Waals surface area contributed by atoms with Gasteiger partial charge >= 0.3 is 6.01 Å². The van der Waals surface area contributed by atoms with Gasteiger partial charge in [0, 0.05) is 48.7 Å². The number of likely N-dealkylation sites (tertiary alicyclic amines) is 1. The summed E-state index contributed by atoms with van der Waals surface area (Å²) < 4.78 is 56.2. The van der Waals surface area contributed by atoms with Crippen molar-refractivity contribution in [2.75, 3.05) is 71.2 Å². The van der Waals surface area contributed by atoms with Crippen LogP contribution in [0.4, 0.5) is 14.6 Å². The van der Waals surface area contributed by atoms with Crippen LogP contribution in [0.3, 0.4) is 0 Å². The number of aromatic nitrogens is 3. The van der Waals surface area contributed by atoms with Crippen molar-refractivity contribution in [3.05, 3.63) is 42.0 Å². The number of methoxy groups -OCH3 is 1. The van der Waals surface area contributed by atoms with Crippen LogP contribution in [0.25, 0.3) is 32.9 Å². The molecule has 1 aliphatic carbocycles. The highest BCUT2D eigenvalue weighted by Crippen LogP contribution is 2.49. The van der Waals surface area contributed by atoms with Crippen molar-refractivity contribution in [2.24, 2.45) is 11.3 Å². The first-order chi connectivity index (χ1) is 25.1. The number of hydrogen-bond donors (Lipinski definition) is 2. The Balaban J connectivity index is 1.22. The van der Waals surface area contributed by atoms with Crippen molar-refractivity contribution in [2.45, 2.75) is 63.5 Å². The monoisotopic (exact) mass is 719 g/mol. The van der Waals surface area contributed by atoms with Gasteiger partial charge in [-0.15, -0.1) is 0 Å². The molecule has 278 valence electrons. The summed E-state index contributed by atoms with van der Waals surface area (Å²) in [5.41, 5.74) is -1.61. The number of pyridine rings is 1. The first-order valence-electron chi connectivity index (χ1n) is 18.5. The van der Waals surface area contributed by atoms with Gasteiger partial charge in [0.1, 0.15) is 39.6 Å². The second kappa shape index (κ2) is 14.1. The van der Waals surface area contributed by atoms with Gasteiger partial charge < -0.3 is 34.1 Å². The fraction of sp³-hybridized carbons (Fsp3) is 0.564. The molecule has 3 atom stereocenters. The first kappa shape index (κ1) is 35.1. The number of rotatable bonds is 8. The largest absolute Gasteiger partial charge is 0.508 e. The highest BCUT2D eigenvalue weighted by molar-refractivity contribution is 6.02. The van der Waals surface area contributed by atoms with E-state index in [1.165, 1.54) is 31.4 Å². The molecule has 0 amide bonds. The maximum atomic E-state index is 17.1. The van der Waals surface area contributed by atoms with Gasteiger partial charge in [0.15, 0.2) is 5.82 Å². The smallest absolute Gasteiger partial charge is 0.319 e. The zero-order chi connectivity index (χ0) is 36.0. The minimum atomic E-state index is -1.22. The molecule has 4 aromatic rings. The summed E-state index contributed by atoms with van der Waals surface area (Å²) in [6.45, 7) is 6.76. The second-order valence-electron chi connectivity index (χ2n) is 15.4. The Bertz CT molecular complexity index is 1960. The number of nitrogens with zero attached hydrogens (tertiary/aromatic N) is 5. The number of halogens is 2. The lowest BCUT2D eigenvalue weighted by Gasteiger charge is -2.47. The van der Waals surface area contributed by atoms with Crippen LogP contribution in [0.15, 0.2) is 30.3 Å². The number of phenols is 1. The maximum absolute atomic E-state index is 17.1. The molecular weight excluding hydrogens is 672 g/mol. The molecule has 5 heterocycles. The molecule has 4 aliphatic rings. The van der Waals surface area contributed by atoms with E-state index < -0.39 is 17.2 Å². The third-order valence-corrected chi connectivity index (χ3v) is 11.6. The van der Waals surface area contributed by atoms with Gasteiger partial charge in [-0.3, -0.25) is 4.90 Å². The minimum absolute atomic E-state index is 0.000985. The van der Waals surface area contributed by atoms with Crippen LogP contribution in [0.2, 0.25) is 0 Å². The fourth-order valence-electron chi connectivity index (χ4n) is 9.16. The van der Waals surface area contributed by atoms with Crippen LogP contribution in [0.1, 0.15) is 51.9 Å².